The highest BCUT2D eigenvalue weighted by atomic mass is 35.5. The molecule has 12 heavy (non-hydrogen) atoms. The SMILES string of the molecule is Cl.O=c1cc[nH]c2c1CCNC2. The summed E-state index contributed by atoms with van der Waals surface area (Å²) in [4.78, 5) is 14.3. The summed E-state index contributed by atoms with van der Waals surface area (Å²) in [5, 5.41) is 3.20. The fourth-order valence-electron chi connectivity index (χ4n) is 1.41. The molecule has 0 saturated carbocycles. The van der Waals surface area contributed by atoms with E-state index in [1.807, 2.05) is 0 Å². The van der Waals surface area contributed by atoms with Crippen molar-refractivity contribution in [3.8, 4) is 0 Å². The molecule has 2 rings (SSSR count). The van der Waals surface area contributed by atoms with E-state index in [4.69, 9.17) is 0 Å². The van der Waals surface area contributed by atoms with Crippen molar-refractivity contribution in [2.45, 2.75) is 13.0 Å². The maximum Gasteiger partial charge on any atom is 0.185 e. The standard InChI is InChI=1S/C8H10N2O.ClH/c11-8-2-4-10-7-5-9-3-1-6(7)8;/h2,4,9H,1,3,5H2,(H,10,11);1H. The Morgan fingerprint density at radius 2 is 2.25 bits per heavy atom. The van der Waals surface area contributed by atoms with Gasteiger partial charge in [0.05, 0.1) is 0 Å². The summed E-state index contributed by atoms with van der Waals surface area (Å²) in [6.07, 6.45) is 2.56. The van der Waals surface area contributed by atoms with E-state index in [-0.39, 0.29) is 17.8 Å². The molecule has 2 heterocycles. The predicted octanol–water partition coefficient (Wildman–Crippen LogP) is 0.442. The summed E-state index contributed by atoms with van der Waals surface area (Å²) in [7, 11) is 0. The van der Waals surface area contributed by atoms with Crippen molar-refractivity contribution >= 4 is 12.4 Å². The second-order valence-corrected chi connectivity index (χ2v) is 2.73. The second kappa shape index (κ2) is 3.74. The van der Waals surface area contributed by atoms with Crippen molar-refractivity contribution in [2.24, 2.45) is 0 Å². The van der Waals surface area contributed by atoms with Gasteiger partial charge < -0.3 is 10.3 Å². The van der Waals surface area contributed by atoms with Gasteiger partial charge in [-0.1, -0.05) is 0 Å². The molecular weight excluding hydrogens is 176 g/mol. The lowest BCUT2D eigenvalue weighted by molar-refractivity contribution is 0.624. The minimum atomic E-state index is 0. The third-order valence-corrected chi connectivity index (χ3v) is 2.01. The van der Waals surface area contributed by atoms with Crippen molar-refractivity contribution in [1.29, 1.82) is 0 Å². The number of fused-ring (bicyclic) bond motifs is 1. The molecule has 1 aliphatic heterocycles. The zero-order valence-corrected chi connectivity index (χ0v) is 7.41. The van der Waals surface area contributed by atoms with Crippen LogP contribution in [0.1, 0.15) is 11.3 Å². The van der Waals surface area contributed by atoms with Crippen LogP contribution in [0.3, 0.4) is 0 Å². The van der Waals surface area contributed by atoms with Crippen LogP contribution in [-0.4, -0.2) is 11.5 Å². The van der Waals surface area contributed by atoms with Crippen LogP contribution in [-0.2, 0) is 13.0 Å². The first-order chi connectivity index (χ1) is 5.38. The largest absolute Gasteiger partial charge is 0.363 e. The highest BCUT2D eigenvalue weighted by molar-refractivity contribution is 5.85. The number of halogens is 1. The summed E-state index contributed by atoms with van der Waals surface area (Å²) in [5.74, 6) is 0. The Bertz CT molecular complexity index is 321. The van der Waals surface area contributed by atoms with E-state index in [1.54, 1.807) is 12.3 Å². The fraction of sp³-hybridized carbons (Fsp3) is 0.375. The zero-order valence-electron chi connectivity index (χ0n) is 6.59. The molecule has 1 aromatic heterocycles. The molecule has 4 heteroatoms. The van der Waals surface area contributed by atoms with Gasteiger partial charge in [-0.2, -0.15) is 0 Å². The molecule has 3 nitrogen and oxygen atoms in total. The van der Waals surface area contributed by atoms with Gasteiger partial charge in [0.1, 0.15) is 0 Å². The van der Waals surface area contributed by atoms with E-state index >= 15 is 0 Å². The lowest BCUT2D eigenvalue weighted by atomic mass is 10.1. The molecule has 0 unspecified atom stereocenters. The average molecular weight is 187 g/mol. The fourth-order valence-corrected chi connectivity index (χ4v) is 1.41. The minimum absolute atomic E-state index is 0. The smallest absolute Gasteiger partial charge is 0.185 e. The number of aromatic amines is 1. The highest BCUT2D eigenvalue weighted by Crippen LogP contribution is 2.04. The van der Waals surface area contributed by atoms with Crippen LogP contribution >= 0.6 is 12.4 Å². The van der Waals surface area contributed by atoms with Crippen molar-refractivity contribution < 1.29 is 0 Å². The van der Waals surface area contributed by atoms with Crippen LogP contribution in [0.25, 0.3) is 0 Å². The number of H-pyrrole nitrogens is 1. The third-order valence-electron chi connectivity index (χ3n) is 2.01. The monoisotopic (exact) mass is 186 g/mol. The first-order valence-corrected chi connectivity index (χ1v) is 3.78. The number of nitrogens with one attached hydrogen (secondary N) is 2. The average Bonchev–Trinajstić information content (AvgIpc) is 2.06. The van der Waals surface area contributed by atoms with Gasteiger partial charge in [-0.3, -0.25) is 4.79 Å². The van der Waals surface area contributed by atoms with Gasteiger partial charge in [-0.05, 0) is 13.0 Å². The topological polar surface area (TPSA) is 44.9 Å². The Morgan fingerprint density at radius 3 is 3.00 bits per heavy atom. The van der Waals surface area contributed by atoms with Gasteiger partial charge in [0, 0.05) is 30.1 Å². The summed E-state index contributed by atoms with van der Waals surface area (Å²) >= 11 is 0. The van der Waals surface area contributed by atoms with Gasteiger partial charge in [-0.15, -0.1) is 12.4 Å². The number of pyridine rings is 1. The van der Waals surface area contributed by atoms with Crippen LogP contribution in [0.2, 0.25) is 0 Å². The third kappa shape index (κ3) is 1.52. The first kappa shape index (κ1) is 9.29. The van der Waals surface area contributed by atoms with Crippen LogP contribution in [0.15, 0.2) is 17.1 Å². The molecule has 0 bridgehead atoms. The molecule has 0 atom stereocenters. The van der Waals surface area contributed by atoms with Crippen molar-refractivity contribution in [2.75, 3.05) is 6.54 Å². The zero-order chi connectivity index (χ0) is 7.68. The Morgan fingerprint density at radius 1 is 1.42 bits per heavy atom. The normalized spacial score (nSPS) is 14.7. The van der Waals surface area contributed by atoms with Gasteiger partial charge >= 0.3 is 0 Å². The Hall–Kier alpha value is -0.800. The number of hydrogen-bond donors (Lipinski definition) is 2. The molecular formula is C8H11ClN2O. The lowest BCUT2D eigenvalue weighted by Gasteiger charge is -2.14. The van der Waals surface area contributed by atoms with E-state index in [1.165, 1.54) is 0 Å². The molecule has 0 spiro atoms. The summed E-state index contributed by atoms with van der Waals surface area (Å²) in [5.41, 5.74) is 2.16. The van der Waals surface area contributed by atoms with E-state index < -0.39 is 0 Å². The number of rotatable bonds is 0. The highest BCUT2D eigenvalue weighted by Gasteiger charge is 2.10. The molecule has 66 valence electrons. The van der Waals surface area contributed by atoms with Crippen molar-refractivity contribution in [3.63, 3.8) is 0 Å². The maximum absolute atomic E-state index is 11.2. The maximum atomic E-state index is 11.2. The van der Waals surface area contributed by atoms with Crippen molar-refractivity contribution in [3.05, 3.63) is 33.7 Å². The molecule has 0 amide bonds. The van der Waals surface area contributed by atoms with Crippen LogP contribution in [0.5, 0.6) is 0 Å². The van der Waals surface area contributed by atoms with Gasteiger partial charge in [0.15, 0.2) is 5.43 Å². The van der Waals surface area contributed by atoms with Crippen molar-refractivity contribution in [1.82, 2.24) is 10.3 Å². The quantitative estimate of drug-likeness (QED) is 0.618. The Labute approximate surface area is 76.6 Å². The number of aromatic nitrogens is 1. The summed E-state index contributed by atoms with van der Waals surface area (Å²) in [6.45, 7) is 1.71. The molecule has 0 fully saturated rings. The van der Waals surface area contributed by atoms with Gasteiger partial charge in [-0.25, -0.2) is 0 Å². The molecule has 0 saturated heterocycles. The van der Waals surface area contributed by atoms with E-state index in [9.17, 15) is 4.79 Å². The Kier molecular flexibility index (Phi) is 2.89. The molecule has 1 aromatic rings. The molecule has 0 aromatic carbocycles. The van der Waals surface area contributed by atoms with Gasteiger partial charge in [0.2, 0.25) is 0 Å². The summed E-state index contributed by atoms with van der Waals surface area (Å²) in [6, 6.07) is 1.59. The van der Waals surface area contributed by atoms with Crippen LogP contribution in [0, 0.1) is 0 Å². The Balaban J connectivity index is 0.000000720. The number of hydrogen-bond acceptors (Lipinski definition) is 2. The first-order valence-electron chi connectivity index (χ1n) is 3.78. The summed E-state index contributed by atoms with van der Waals surface area (Å²) < 4.78 is 0. The molecule has 1 aliphatic rings. The van der Waals surface area contributed by atoms with Crippen LogP contribution in [0.4, 0.5) is 0 Å². The molecule has 2 N–H and O–H groups in total. The van der Waals surface area contributed by atoms with E-state index in [0.717, 1.165) is 30.8 Å². The minimum Gasteiger partial charge on any atom is -0.363 e. The molecule has 0 aliphatic carbocycles. The van der Waals surface area contributed by atoms with E-state index in [2.05, 4.69) is 10.3 Å². The second-order valence-electron chi connectivity index (χ2n) is 2.73. The van der Waals surface area contributed by atoms with Crippen LogP contribution < -0.4 is 10.7 Å². The van der Waals surface area contributed by atoms with E-state index in [0.29, 0.717) is 0 Å². The lowest BCUT2D eigenvalue weighted by Crippen LogP contribution is -2.29. The molecule has 0 radical (unpaired) electrons. The predicted molar refractivity (Wildman–Crippen MR) is 49.7 cm³/mol. The van der Waals surface area contributed by atoms with Gasteiger partial charge in [0.25, 0.3) is 0 Å².